The van der Waals surface area contributed by atoms with Gasteiger partial charge in [-0.3, -0.25) is 0 Å². The average molecular weight is 649 g/mol. The maximum absolute atomic E-state index is 6.51. The summed E-state index contributed by atoms with van der Waals surface area (Å²) < 4.78 is 6.51. The second-order valence-corrected chi connectivity index (χ2v) is 13.3. The van der Waals surface area contributed by atoms with Crippen LogP contribution in [-0.4, -0.2) is 9.97 Å². The number of fused-ring (bicyclic) bond motifs is 6. The number of nitrogens with zero attached hydrogens (tertiary/aromatic N) is 2. The minimum atomic E-state index is 0.711. The zero-order valence-electron chi connectivity index (χ0n) is 27.5. The summed E-state index contributed by atoms with van der Waals surface area (Å²) in [6, 6.07) is 60.2. The Balaban J connectivity index is 1.06. The third kappa shape index (κ3) is 4.32. The van der Waals surface area contributed by atoms with Crippen LogP contribution in [0.15, 0.2) is 174 Å². The van der Waals surface area contributed by atoms with Gasteiger partial charge in [0.15, 0.2) is 5.82 Å². The van der Waals surface area contributed by atoms with Gasteiger partial charge in [-0.25, -0.2) is 9.97 Å². The van der Waals surface area contributed by atoms with E-state index < -0.39 is 0 Å². The summed E-state index contributed by atoms with van der Waals surface area (Å²) >= 11 is 0. The van der Waals surface area contributed by atoms with Crippen LogP contribution < -0.4 is 0 Å². The molecule has 0 aliphatic rings. The number of rotatable bonds is 4. The third-order valence-electron chi connectivity index (χ3n) is 10.4. The summed E-state index contributed by atoms with van der Waals surface area (Å²) in [5.41, 5.74) is 10.3. The molecule has 2 aromatic heterocycles. The molecule has 3 heteroatoms. The summed E-state index contributed by atoms with van der Waals surface area (Å²) in [4.78, 5) is 10.4. The van der Waals surface area contributed by atoms with Crippen molar-refractivity contribution in [3.63, 3.8) is 0 Å². The monoisotopic (exact) mass is 648 g/mol. The fourth-order valence-corrected chi connectivity index (χ4v) is 8.03. The van der Waals surface area contributed by atoms with E-state index in [-0.39, 0.29) is 0 Å². The highest BCUT2D eigenvalue weighted by molar-refractivity contribution is 6.33. The summed E-state index contributed by atoms with van der Waals surface area (Å²) in [5.74, 6) is 0.711. The summed E-state index contributed by atoms with van der Waals surface area (Å²) in [5, 5.41) is 10.7. The third-order valence-corrected chi connectivity index (χ3v) is 10.4. The van der Waals surface area contributed by atoms with Crippen LogP contribution in [0, 0.1) is 0 Å². The quantitative estimate of drug-likeness (QED) is 0.178. The standard InChI is InChI=1S/C48H28N2O/c1-2-12-30(13-3-1)46-40-24-23-29-11-4-5-18-36(29)47(40)50-48(49-46)34-17-9-15-32(26-34)31-14-8-16-33(25-31)35-27-41-38-20-7-6-19-37(38)39-21-10-22-42-44(39)45(41)43(28-35)51-42/h1-28H. The molecule has 11 aromatic rings. The van der Waals surface area contributed by atoms with Gasteiger partial charge in [0, 0.05) is 32.7 Å². The first kappa shape index (κ1) is 28.0. The van der Waals surface area contributed by atoms with Gasteiger partial charge in [0.1, 0.15) is 11.2 Å². The fourth-order valence-electron chi connectivity index (χ4n) is 8.03. The molecule has 236 valence electrons. The molecular weight excluding hydrogens is 621 g/mol. The molecule has 3 nitrogen and oxygen atoms in total. The van der Waals surface area contributed by atoms with Crippen molar-refractivity contribution in [2.75, 3.05) is 0 Å². The lowest BCUT2D eigenvalue weighted by Gasteiger charge is -2.13. The second kappa shape index (κ2) is 10.8. The zero-order valence-corrected chi connectivity index (χ0v) is 27.5. The molecule has 0 N–H and O–H groups in total. The van der Waals surface area contributed by atoms with Crippen LogP contribution in [0.3, 0.4) is 0 Å². The topological polar surface area (TPSA) is 38.9 Å². The van der Waals surface area contributed by atoms with E-state index in [1.165, 1.54) is 32.3 Å². The minimum Gasteiger partial charge on any atom is -0.456 e. The summed E-state index contributed by atoms with van der Waals surface area (Å²) in [6.07, 6.45) is 0. The van der Waals surface area contributed by atoms with Gasteiger partial charge in [-0.05, 0) is 85.6 Å². The lowest BCUT2D eigenvalue weighted by molar-refractivity contribution is 0.669. The first-order valence-corrected chi connectivity index (χ1v) is 17.3. The fraction of sp³-hybridized carbons (Fsp3) is 0. The average Bonchev–Trinajstić information content (AvgIpc) is 3.59. The molecule has 0 aliphatic carbocycles. The van der Waals surface area contributed by atoms with Crippen molar-refractivity contribution < 1.29 is 4.42 Å². The highest BCUT2D eigenvalue weighted by atomic mass is 16.3. The maximum Gasteiger partial charge on any atom is 0.160 e. The van der Waals surface area contributed by atoms with Gasteiger partial charge in [0.2, 0.25) is 0 Å². The van der Waals surface area contributed by atoms with Crippen molar-refractivity contribution >= 4 is 65.2 Å². The number of furan rings is 1. The van der Waals surface area contributed by atoms with Crippen molar-refractivity contribution in [2.45, 2.75) is 0 Å². The number of hydrogen-bond acceptors (Lipinski definition) is 3. The van der Waals surface area contributed by atoms with Gasteiger partial charge in [-0.1, -0.05) is 133 Å². The van der Waals surface area contributed by atoms with Crippen LogP contribution in [0.1, 0.15) is 0 Å². The molecule has 0 bridgehead atoms. The van der Waals surface area contributed by atoms with Crippen molar-refractivity contribution in [2.24, 2.45) is 0 Å². The predicted molar refractivity (Wildman–Crippen MR) is 212 cm³/mol. The van der Waals surface area contributed by atoms with E-state index in [4.69, 9.17) is 14.4 Å². The highest BCUT2D eigenvalue weighted by Crippen LogP contribution is 2.44. The molecule has 0 fully saturated rings. The van der Waals surface area contributed by atoms with Crippen LogP contribution in [-0.2, 0) is 0 Å². The number of benzene rings is 9. The van der Waals surface area contributed by atoms with Gasteiger partial charge in [0.25, 0.3) is 0 Å². The van der Waals surface area contributed by atoms with Crippen molar-refractivity contribution in [3.8, 4) is 44.9 Å². The van der Waals surface area contributed by atoms with E-state index in [0.717, 1.165) is 71.9 Å². The van der Waals surface area contributed by atoms with Gasteiger partial charge in [0.05, 0.1) is 11.2 Å². The van der Waals surface area contributed by atoms with Gasteiger partial charge < -0.3 is 4.42 Å². The van der Waals surface area contributed by atoms with Crippen molar-refractivity contribution in [1.82, 2.24) is 9.97 Å². The van der Waals surface area contributed by atoms with Crippen LogP contribution in [0.2, 0.25) is 0 Å². The first-order valence-electron chi connectivity index (χ1n) is 17.3. The van der Waals surface area contributed by atoms with Gasteiger partial charge >= 0.3 is 0 Å². The van der Waals surface area contributed by atoms with Gasteiger partial charge in [-0.15, -0.1) is 0 Å². The molecule has 51 heavy (non-hydrogen) atoms. The Bertz CT molecular complexity index is 3140. The normalized spacial score (nSPS) is 11.9. The molecular formula is C48H28N2O. The predicted octanol–water partition coefficient (Wildman–Crippen LogP) is 13.1. The van der Waals surface area contributed by atoms with Crippen LogP contribution in [0.25, 0.3) is 110 Å². The van der Waals surface area contributed by atoms with Crippen LogP contribution >= 0.6 is 0 Å². The van der Waals surface area contributed by atoms with E-state index in [1.807, 2.05) is 6.07 Å². The SMILES string of the molecule is c1ccc(-c2nc(-c3cccc(-c4cccc(-c5cc6oc7cccc8c9ccccc9c(c5)c6c78)c4)c3)nc3c2ccc2ccccc23)cc1. The molecule has 2 heterocycles. The molecule has 9 aromatic carbocycles. The molecule has 0 unspecified atom stereocenters. The lowest BCUT2D eigenvalue weighted by atomic mass is 9.91. The highest BCUT2D eigenvalue weighted by Gasteiger charge is 2.19. The number of hydrogen-bond donors (Lipinski definition) is 0. The second-order valence-electron chi connectivity index (χ2n) is 13.3. The van der Waals surface area contributed by atoms with Crippen molar-refractivity contribution in [3.05, 3.63) is 170 Å². The summed E-state index contributed by atoms with van der Waals surface area (Å²) in [6.45, 7) is 0. The molecule has 0 amide bonds. The van der Waals surface area contributed by atoms with E-state index in [1.54, 1.807) is 0 Å². The molecule has 11 rings (SSSR count). The molecule has 0 aliphatic heterocycles. The molecule has 0 saturated carbocycles. The summed E-state index contributed by atoms with van der Waals surface area (Å²) in [7, 11) is 0. The number of aromatic nitrogens is 2. The largest absolute Gasteiger partial charge is 0.456 e. The van der Waals surface area contributed by atoms with Gasteiger partial charge in [-0.2, -0.15) is 0 Å². The van der Waals surface area contributed by atoms with Crippen LogP contribution in [0.4, 0.5) is 0 Å². The van der Waals surface area contributed by atoms with E-state index in [0.29, 0.717) is 5.82 Å². The maximum atomic E-state index is 6.51. The Labute approximate surface area is 293 Å². The smallest absolute Gasteiger partial charge is 0.160 e. The zero-order chi connectivity index (χ0) is 33.5. The molecule has 0 spiro atoms. The van der Waals surface area contributed by atoms with E-state index in [9.17, 15) is 0 Å². The van der Waals surface area contributed by atoms with E-state index >= 15 is 0 Å². The Hall–Kier alpha value is -6.84. The lowest BCUT2D eigenvalue weighted by Crippen LogP contribution is -1.96. The molecule has 0 saturated heterocycles. The van der Waals surface area contributed by atoms with Crippen LogP contribution in [0.5, 0.6) is 0 Å². The Morgan fingerprint density at radius 3 is 1.76 bits per heavy atom. The Morgan fingerprint density at radius 2 is 0.941 bits per heavy atom. The van der Waals surface area contributed by atoms with Crippen molar-refractivity contribution in [1.29, 1.82) is 0 Å². The molecule has 0 radical (unpaired) electrons. The first-order chi connectivity index (χ1) is 25.3. The Morgan fingerprint density at radius 1 is 0.333 bits per heavy atom. The minimum absolute atomic E-state index is 0.711. The van der Waals surface area contributed by atoms with E-state index in [2.05, 4.69) is 164 Å². The Kier molecular flexibility index (Phi) is 5.96. The molecule has 0 atom stereocenters.